The predicted molar refractivity (Wildman–Crippen MR) is 73.7 cm³/mol. The van der Waals surface area contributed by atoms with E-state index in [4.69, 9.17) is 10.8 Å². The van der Waals surface area contributed by atoms with Crippen LogP contribution >= 0.6 is 0 Å². The number of carbonyl (C=O) groups excluding carboxylic acids is 1. The molecular weight excluding hydrogens is 244 g/mol. The van der Waals surface area contributed by atoms with Crippen molar-refractivity contribution >= 4 is 11.9 Å². The molecular formula is C14H26N2O3. The van der Waals surface area contributed by atoms with Crippen LogP contribution in [0.3, 0.4) is 0 Å². The van der Waals surface area contributed by atoms with Crippen molar-refractivity contribution in [2.45, 2.75) is 70.4 Å². The molecule has 0 aromatic heterocycles. The minimum atomic E-state index is -0.826. The number of hydrogen-bond donors (Lipinski definition) is 2. The maximum absolute atomic E-state index is 12.5. The summed E-state index contributed by atoms with van der Waals surface area (Å²) in [4.78, 5) is 25.0. The number of nitrogens with two attached hydrogens (primary N) is 1. The van der Waals surface area contributed by atoms with Crippen molar-refractivity contribution in [3.8, 4) is 0 Å². The molecule has 0 aromatic carbocycles. The van der Waals surface area contributed by atoms with Crippen molar-refractivity contribution in [1.29, 1.82) is 0 Å². The van der Waals surface area contributed by atoms with Crippen LogP contribution in [0.1, 0.15) is 58.8 Å². The molecule has 0 aliphatic carbocycles. The van der Waals surface area contributed by atoms with Crippen molar-refractivity contribution < 1.29 is 14.7 Å². The van der Waals surface area contributed by atoms with E-state index >= 15 is 0 Å². The van der Waals surface area contributed by atoms with E-state index in [9.17, 15) is 9.59 Å². The summed E-state index contributed by atoms with van der Waals surface area (Å²) in [6, 6.07) is 0.0390. The van der Waals surface area contributed by atoms with Crippen molar-refractivity contribution in [1.82, 2.24) is 4.90 Å². The average molecular weight is 270 g/mol. The van der Waals surface area contributed by atoms with Gasteiger partial charge in [0.25, 0.3) is 0 Å². The summed E-state index contributed by atoms with van der Waals surface area (Å²) >= 11 is 0. The van der Waals surface area contributed by atoms with Gasteiger partial charge in [-0.2, -0.15) is 0 Å². The van der Waals surface area contributed by atoms with Gasteiger partial charge in [-0.25, -0.2) is 0 Å². The Labute approximate surface area is 115 Å². The lowest BCUT2D eigenvalue weighted by Crippen LogP contribution is -2.57. The Morgan fingerprint density at radius 3 is 2.68 bits per heavy atom. The smallest absolute Gasteiger partial charge is 0.303 e. The zero-order chi connectivity index (χ0) is 14.5. The molecule has 0 spiro atoms. The number of amides is 1. The van der Waals surface area contributed by atoms with E-state index in [1.165, 1.54) is 0 Å². The second kappa shape index (κ2) is 6.89. The normalized spacial score (nSPS) is 22.9. The minimum Gasteiger partial charge on any atom is -0.481 e. The number of carboxylic acid groups (broad SMARTS) is 1. The topological polar surface area (TPSA) is 83.6 Å². The van der Waals surface area contributed by atoms with Gasteiger partial charge in [0.2, 0.25) is 5.91 Å². The second-order valence-electron chi connectivity index (χ2n) is 5.75. The van der Waals surface area contributed by atoms with E-state index in [1.54, 1.807) is 6.92 Å². The standard InChI is InChI=1S/C14H26N2O3/c1-3-9-14(2,15)13(19)16-10-5-4-6-11(16)7-8-12(17)18/h11H,3-10,15H2,1-2H3,(H,17,18). The highest BCUT2D eigenvalue weighted by molar-refractivity contribution is 5.86. The summed E-state index contributed by atoms with van der Waals surface area (Å²) in [5, 5.41) is 8.78. The quantitative estimate of drug-likeness (QED) is 0.770. The van der Waals surface area contributed by atoms with Crippen LogP contribution in [-0.4, -0.2) is 40.0 Å². The molecule has 2 atom stereocenters. The highest BCUT2D eigenvalue weighted by Gasteiger charge is 2.36. The Hall–Kier alpha value is -1.10. The van der Waals surface area contributed by atoms with Crippen LogP contribution in [0.25, 0.3) is 0 Å². The van der Waals surface area contributed by atoms with Gasteiger partial charge in [0, 0.05) is 19.0 Å². The highest BCUT2D eigenvalue weighted by Crippen LogP contribution is 2.24. The third-order valence-electron chi connectivity index (χ3n) is 3.84. The Balaban J connectivity index is 2.70. The van der Waals surface area contributed by atoms with Crippen LogP contribution in [0.4, 0.5) is 0 Å². The first-order valence-corrected chi connectivity index (χ1v) is 7.20. The van der Waals surface area contributed by atoms with Crippen LogP contribution in [0.15, 0.2) is 0 Å². The molecule has 1 aliphatic heterocycles. The Morgan fingerprint density at radius 2 is 2.11 bits per heavy atom. The van der Waals surface area contributed by atoms with E-state index in [1.807, 2.05) is 11.8 Å². The molecule has 0 aromatic rings. The number of aliphatic carboxylic acids is 1. The fraction of sp³-hybridized carbons (Fsp3) is 0.857. The minimum absolute atomic E-state index is 0.0237. The molecule has 2 unspecified atom stereocenters. The number of rotatable bonds is 6. The molecule has 1 fully saturated rings. The van der Waals surface area contributed by atoms with Gasteiger partial charge < -0.3 is 15.7 Å². The van der Waals surface area contributed by atoms with Gasteiger partial charge in [-0.15, -0.1) is 0 Å². The Morgan fingerprint density at radius 1 is 1.42 bits per heavy atom. The molecule has 3 N–H and O–H groups in total. The van der Waals surface area contributed by atoms with Crippen molar-refractivity contribution in [3.05, 3.63) is 0 Å². The molecule has 1 saturated heterocycles. The SMILES string of the molecule is CCCC(C)(N)C(=O)N1CCCCC1CCC(=O)O. The molecule has 0 radical (unpaired) electrons. The molecule has 5 nitrogen and oxygen atoms in total. The fourth-order valence-corrected chi connectivity index (χ4v) is 2.81. The first-order valence-electron chi connectivity index (χ1n) is 7.20. The third kappa shape index (κ3) is 4.49. The molecule has 1 heterocycles. The largest absolute Gasteiger partial charge is 0.481 e. The van der Waals surface area contributed by atoms with E-state index in [0.29, 0.717) is 19.4 Å². The van der Waals surface area contributed by atoms with E-state index in [-0.39, 0.29) is 18.4 Å². The number of carbonyl (C=O) groups is 2. The molecule has 19 heavy (non-hydrogen) atoms. The van der Waals surface area contributed by atoms with Crippen LogP contribution in [0, 0.1) is 0 Å². The first kappa shape index (κ1) is 16.0. The van der Waals surface area contributed by atoms with Gasteiger partial charge >= 0.3 is 5.97 Å². The highest BCUT2D eigenvalue weighted by atomic mass is 16.4. The van der Waals surface area contributed by atoms with Gasteiger partial charge in [0.05, 0.1) is 5.54 Å². The summed E-state index contributed by atoms with van der Waals surface area (Å²) in [7, 11) is 0. The van der Waals surface area contributed by atoms with Crippen LogP contribution < -0.4 is 5.73 Å². The van der Waals surface area contributed by atoms with E-state index in [0.717, 1.165) is 25.7 Å². The van der Waals surface area contributed by atoms with E-state index < -0.39 is 11.5 Å². The van der Waals surface area contributed by atoms with Gasteiger partial charge in [-0.05, 0) is 39.0 Å². The summed E-state index contributed by atoms with van der Waals surface area (Å²) < 4.78 is 0. The van der Waals surface area contributed by atoms with Gasteiger partial charge in [0.15, 0.2) is 0 Å². The Kier molecular flexibility index (Phi) is 5.79. The lowest BCUT2D eigenvalue weighted by Gasteiger charge is -2.40. The number of likely N-dealkylation sites (tertiary alicyclic amines) is 1. The van der Waals surface area contributed by atoms with Crippen molar-refractivity contribution in [3.63, 3.8) is 0 Å². The van der Waals surface area contributed by atoms with Crippen LogP contribution in [0.2, 0.25) is 0 Å². The first-order chi connectivity index (χ1) is 8.88. The average Bonchev–Trinajstić information content (AvgIpc) is 2.35. The van der Waals surface area contributed by atoms with Crippen molar-refractivity contribution in [2.75, 3.05) is 6.54 Å². The van der Waals surface area contributed by atoms with Gasteiger partial charge in [-0.3, -0.25) is 9.59 Å². The van der Waals surface area contributed by atoms with Gasteiger partial charge in [0.1, 0.15) is 0 Å². The molecule has 0 saturated carbocycles. The third-order valence-corrected chi connectivity index (χ3v) is 3.84. The molecule has 1 rings (SSSR count). The summed E-state index contributed by atoms with van der Waals surface area (Å²) in [5.41, 5.74) is 5.29. The summed E-state index contributed by atoms with van der Waals surface area (Å²) in [5.74, 6) is -0.827. The zero-order valence-corrected chi connectivity index (χ0v) is 12.0. The molecule has 5 heteroatoms. The number of hydrogen-bond acceptors (Lipinski definition) is 3. The number of piperidine rings is 1. The number of nitrogens with zero attached hydrogens (tertiary/aromatic N) is 1. The van der Waals surface area contributed by atoms with Crippen LogP contribution in [0.5, 0.6) is 0 Å². The Bertz CT molecular complexity index is 329. The molecule has 110 valence electrons. The second-order valence-corrected chi connectivity index (χ2v) is 5.75. The fourth-order valence-electron chi connectivity index (χ4n) is 2.81. The van der Waals surface area contributed by atoms with E-state index in [2.05, 4.69) is 0 Å². The molecule has 0 bridgehead atoms. The zero-order valence-electron chi connectivity index (χ0n) is 12.0. The number of carboxylic acids is 1. The maximum Gasteiger partial charge on any atom is 0.303 e. The van der Waals surface area contributed by atoms with Crippen LogP contribution in [-0.2, 0) is 9.59 Å². The monoisotopic (exact) mass is 270 g/mol. The molecule has 1 amide bonds. The lowest BCUT2D eigenvalue weighted by atomic mass is 9.91. The van der Waals surface area contributed by atoms with Crippen molar-refractivity contribution in [2.24, 2.45) is 5.73 Å². The lowest BCUT2D eigenvalue weighted by molar-refractivity contribution is -0.143. The summed E-state index contributed by atoms with van der Waals surface area (Å²) in [6.07, 6.45) is 5.11. The summed E-state index contributed by atoms with van der Waals surface area (Å²) in [6.45, 7) is 4.50. The molecule has 1 aliphatic rings. The van der Waals surface area contributed by atoms with Gasteiger partial charge in [-0.1, -0.05) is 13.3 Å². The predicted octanol–water partition coefficient (Wildman–Crippen LogP) is 1.75. The maximum atomic E-state index is 12.5.